The molecule has 6 nitrogen and oxygen atoms in total. The highest BCUT2D eigenvalue weighted by Gasteiger charge is 2.54. The number of methoxy groups -OCH3 is 1. The number of benzene rings is 1. The molecule has 3 fully saturated rings. The lowest BCUT2D eigenvalue weighted by Gasteiger charge is -2.36. The fourth-order valence-corrected chi connectivity index (χ4v) is 8.45. The first kappa shape index (κ1) is 23.7. The Morgan fingerprint density at radius 2 is 1.75 bits per heavy atom. The van der Waals surface area contributed by atoms with Gasteiger partial charge in [0.05, 0.1) is 25.0 Å². The number of rotatable bonds is 6. The minimum atomic E-state index is -2.66. The van der Waals surface area contributed by atoms with Gasteiger partial charge in [-0.25, -0.2) is 0 Å². The molecule has 1 aromatic rings. The van der Waals surface area contributed by atoms with Gasteiger partial charge in [-0.3, -0.25) is 4.79 Å². The normalized spacial score (nSPS) is 30.0. The molecule has 0 radical (unpaired) electrons. The van der Waals surface area contributed by atoms with E-state index in [1.54, 1.807) is 7.11 Å². The number of allylic oxidation sites excluding steroid dienone is 1. The molecule has 2 aliphatic heterocycles. The lowest BCUT2D eigenvalue weighted by Crippen LogP contribution is -2.39. The molecule has 0 aromatic heterocycles. The fourth-order valence-electron chi connectivity index (χ4n) is 5.70. The largest absolute Gasteiger partial charge is 0.647 e. The first-order valence-electron chi connectivity index (χ1n) is 12.0. The Hall–Kier alpha value is -1.46. The number of ether oxygens (including phenoxy) is 1. The highest BCUT2D eigenvalue weighted by molar-refractivity contribution is 7.67. The number of piperidine rings is 1. The van der Waals surface area contributed by atoms with Crippen LogP contribution in [0.15, 0.2) is 36.2 Å². The molecule has 0 bridgehead atoms. The second kappa shape index (κ2) is 9.80. The molecule has 3 aliphatic rings. The van der Waals surface area contributed by atoms with E-state index in [0.717, 1.165) is 37.1 Å². The van der Waals surface area contributed by atoms with Gasteiger partial charge >= 0.3 is 0 Å². The predicted molar refractivity (Wildman–Crippen MR) is 128 cm³/mol. The van der Waals surface area contributed by atoms with E-state index >= 15 is 0 Å². The van der Waals surface area contributed by atoms with E-state index < -0.39 is 7.79 Å². The minimum absolute atomic E-state index is 0.213. The van der Waals surface area contributed by atoms with E-state index in [1.807, 2.05) is 49.1 Å². The lowest BCUT2D eigenvalue weighted by atomic mass is 9.85. The molecule has 0 unspecified atom stereocenters. The number of likely N-dealkylation sites (tertiary alicyclic amines) is 1. The van der Waals surface area contributed by atoms with Crippen molar-refractivity contribution in [1.29, 1.82) is 0 Å². The average molecular weight is 460 g/mol. The molecule has 7 heteroatoms. The summed E-state index contributed by atoms with van der Waals surface area (Å²) in [4.78, 5) is 28.7. The van der Waals surface area contributed by atoms with Gasteiger partial charge in [-0.15, -0.1) is 0 Å². The van der Waals surface area contributed by atoms with Crippen LogP contribution in [0.4, 0.5) is 0 Å². The van der Waals surface area contributed by atoms with Gasteiger partial charge in [-0.1, -0.05) is 31.9 Å². The molecule has 176 valence electrons. The summed E-state index contributed by atoms with van der Waals surface area (Å²) >= 11 is 0. The predicted octanol–water partition coefficient (Wildman–Crippen LogP) is 3.89. The third-order valence-electron chi connectivity index (χ3n) is 7.98. The number of amides is 1. The van der Waals surface area contributed by atoms with Gasteiger partial charge in [0, 0.05) is 33.6 Å². The van der Waals surface area contributed by atoms with Gasteiger partial charge in [0.2, 0.25) is 5.91 Å². The Balaban J connectivity index is 1.34. The summed E-state index contributed by atoms with van der Waals surface area (Å²) in [6, 6.07) is 8.73. The van der Waals surface area contributed by atoms with Crippen molar-refractivity contribution in [3.63, 3.8) is 0 Å². The standard InChI is InChI=1S/C25H38N3O3P/c1-19(14-16-32(30)26(2)23-7-5-6-8-24(23)27(32)3)21-13-15-28(25(29)17-21)18-20-9-11-22(31-4)12-10-20/h9-12,14,16,19,21,23-24H,5-8,13,15,17-18H2,1-4H3/b16-14+/t19-,21+,23+,24+/m0/s1. The first-order valence-corrected chi connectivity index (χ1v) is 13.7. The summed E-state index contributed by atoms with van der Waals surface area (Å²) in [5.41, 5.74) is 1.12. The SMILES string of the molecule is COc1ccc(CN2CC[C@@H]([C@@H](C)/C=C/[P+]3([O-])N(C)[C@@H]4CCCC[C@H]4N3C)CC2=O)cc1. The number of likely N-dealkylation sites (N-methyl/N-ethyl adjacent to an activating group) is 2. The number of carbonyl (C=O) groups excluding carboxylic acids is 1. The third kappa shape index (κ3) is 4.61. The van der Waals surface area contributed by atoms with Gasteiger partial charge in [0.1, 0.15) is 13.5 Å². The Kier molecular flexibility index (Phi) is 7.26. The van der Waals surface area contributed by atoms with E-state index in [4.69, 9.17) is 4.74 Å². The second-order valence-electron chi connectivity index (χ2n) is 9.77. The van der Waals surface area contributed by atoms with Gasteiger partial charge < -0.3 is 14.5 Å². The number of nitrogens with zero attached hydrogens (tertiary/aromatic N) is 3. The van der Waals surface area contributed by atoms with E-state index in [0.29, 0.717) is 31.0 Å². The summed E-state index contributed by atoms with van der Waals surface area (Å²) in [5.74, 6) is 3.56. The molecule has 1 aliphatic carbocycles. The van der Waals surface area contributed by atoms with E-state index in [1.165, 1.54) is 12.8 Å². The fraction of sp³-hybridized carbons (Fsp3) is 0.640. The zero-order valence-electron chi connectivity index (χ0n) is 19.9. The van der Waals surface area contributed by atoms with E-state index in [9.17, 15) is 9.69 Å². The average Bonchev–Trinajstić information content (AvgIpc) is 3.01. The molecular formula is C25H38N3O3P. The Morgan fingerprint density at radius 1 is 1.12 bits per heavy atom. The lowest BCUT2D eigenvalue weighted by molar-refractivity contribution is -0.185. The minimum Gasteiger partial charge on any atom is -0.647 e. The van der Waals surface area contributed by atoms with Gasteiger partial charge in [-0.2, -0.15) is 9.34 Å². The van der Waals surface area contributed by atoms with Crippen LogP contribution < -0.4 is 9.63 Å². The monoisotopic (exact) mass is 459 g/mol. The molecule has 4 rings (SSSR count). The molecule has 1 saturated carbocycles. The zero-order valence-corrected chi connectivity index (χ0v) is 20.8. The summed E-state index contributed by atoms with van der Waals surface area (Å²) in [5, 5.41) is 0. The van der Waals surface area contributed by atoms with Crippen LogP contribution in [0.3, 0.4) is 0 Å². The van der Waals surface area contributed by atoms with Crippen LogP contribution >= 0.6 is 7.79 Å². The van der Waals surface area contributed by atoms with Crippen molar-refractivity contribution in [3.05, 3.63) is 41.7 Å². The summed E-state index contributed by atoms with van der Waals surface area (Å²) in [7, 11) is 3.06. The highest BCUT2D eigenvalue weighted by Crippen LogP contribution is 2.66. The molecule has 32 heavy (non-hydrogen) atoms. The number of hydrogen-bond acceptors (Lipinski definition) is 5. The maximum absolute atomic E-state index is 13.9. The molecule has 4 atom stereocenters. The Bertz CT molecular complexity index is 812. The topological polar surface area (TPSA) is 59.1 Å². The zero-order chi connectivity index (χ0) is 22.9. The highest BCUT2D eigenvalue weighted by atomic mass is 31.2. The second-order valence-corrected chi connectivity index (χ2v) is 12.5. The first-order chi connectivity index (χ1) is 15.3. The molecule has 0 spiro atoms. The molecule has 0 N–H and O–H groups in total. The van der Waals surface area contributed by atoms with E-state index in [2.05, 4.69) is 22.3 Å². The number of fused-ring (bicyclic) bond motifs is 1. The van der Waals surface area contributed by atoms with Crippen LogP contribution in [0.25, 0.3) is 0 Å². The maximum atomic E-state index is 13.9. The summed E-state index contributed by atoms with van der Waals surface area (Å²) < 4.78 is 9.50. The molecule has 1 amide bonds. The van der Waals surface area contributed by atoms with Crippen molar-refractivity contribution in [2.75, 3.05) is 27.7 Å². The van der Waals surface area contributed by atoms with Crippen molar-refractivity contribution >= 4 is 13.7 Å². The van der Waals surface area contributed by atoms with Crippen LogP contribution in [0.1, 0.15) is 51.0 Å². The smallest absolute Gasteiger partial charge is 0.223 e. The Labute approximate surface area is 193 Å². The quantitative estimate of drug-likeness (QED) is 0.604. The summed E-state index contributed by atoms with van der Waals surface area (Å²) in [6.07, 6.45) is 8.41. The molecule has 1 aromatic carbocycles. The Morgan fingerprint density at radius 3 is 2.31 bits per heavy atom. The van der Waals surface area contributed by atoms with Crippen LogP contribution in [0.5, 0.6) is 5.75 Å². The van der Waals surface area contributed by atoms with Gasteiger partial charge in [0.25, 0.3) is 0 Å². The number of carbonyl (C=O) groups is 1. The van der Waals surface area contributed by atoms with Crippen LogP contribution in [-0.2, 0) is 11.3 Å². The molecule has 2 heterocycles. The van der Waals surface area contributed by atoms with Crippen molar-refractivity contribution in [1.82, 2.24) is 14.2 Å². The van der Waals surface area contributed by atoms with Crippen molar-refractivity contribution in [2.45, 2.75) is 64.1 Å². The van der Waals surface area contributed by atoms with Crippen molar-refractivity contribution in [2.24, 2.45) is 11.8 Å². The van der Waals surface area contributed by atoms with Gasteiger partial charge in [0.15, 0.2) is 0 Å². The van der Waals surface area contributed by atoms with Crippen LogP contribution in [0, 0.1) is 11.8 Å². The summed E-state index contributed by atoms with van der Waals surface area (Å²) in [6.45, 7) is 3.59. The number of hydrogen-bond donors (Lipinski definition) is 0. The maximum Gasteiger partial charge on any atom is 0.223 e. The van der Waals surface area contributed by atoms with Gasteiger partial charge in [-0.05, 0) is 54.9 Å². The van der Waals surface area contributed by atoms with E-state index in [-0.39, 0.29) is 11.8 Å². The van der Waals surface area contributed by atoms with Crippen LogP contribution in [-0.4, -0.2) is 60.0 Å². The third-order valence-corrected chi connectivity index (χ3v) is 10.9. The molecule has 2 saturated heterocycles. The molecular weight excluding hydrogens is 421 g/mol. The van der Waals surface area contributed by atoms with Crippen molar-refractivity contribution in [3.8, 4) is 5.75 Å². The van der Waals surface area contributed by atoms with Crippen molar-refractivity contribution < 1.29 is 14.4 Å². The van der Waals surface area contributed by atoms with Crippen LogP contribution in [0.2, 0.25) is 0 Å².